The van der Waals surface area contributed by atoms with Crippen LogP contribution in [0.4, 0.5) is 4.39 Å². The first kappa shape index (κ1) is 16.7. The van der Waals surface area contributed by atoms with E-state index in [0.717, 1.165) is 6.07 Å². The third kappa shape index (κ3) is 3.08. The molecule has 1 aromatic carbocycles. The van der Waals surface area contributed by atoms with Gasteiger partial charge in [-0.1, -0.05) is 23.7 Å². The van der Waals surface area contributed by atoms with E-state index in [9.17, 15) is 14.3 Å². The molecular weight excluding hydrogens is 353 g/mol. The molecule has 1 amide bonds. The first-order valence-corrected chi connectivity index (χ1v) is 8.29. The van der Waals surface area contributed by atoms with E-state index in [2.05, 4.69) is 5.32 Å². The fraction of sp³-hybridized carbons (Fsp3) is 0.118. The van der Waals surface area contributed by atoms with Crippen molar-refractivity contribution < 1.29 is 18.7 Å². The Morgan fingerprint density at radius 1 is 1.33 bits per heavy atom. The van der Waals surface area contributed by atoms with Gasteiger partial charge in [-0.05, 0) is 29.6 Å². The molecule has 0 fully saturated rings. The van der Waals surface area contributed by atoms with Gasteiger partial charge < -0.3 is 14.8 Å². The molecule has 1 atom stereocenters. The van der Waals surface area contributed by atoms with Crippen LogP contribution in [0, 0.1) is 5.82 Å². The minimum atomic E-state index is -1.48. The molecule has 4 nitrogen and oxygen atoms in total. The number of carbonyl (C=O) groups is 1. The normalized spacial score (nSPS) is 13.5. The molecule has 0 aliphatic rings. The van der Waals surface area contributed by atoms with Crippen molar-refractivity contribution in [1.82, 2.24) is 5.32 Å². The van der Waals surface area contributed by atoms with Crippen LogP contribution < -0.4 is 5.32 Å². The van der Waals surface area contributed by atoms with Crippen LogP contribution in [0.15, 0.2) is 58.7 Å². The van der Waals surface area contributed by atoms with Crippen LogP contribution in [0.3, 0.4) is 0 Å². The Morgan fingerprint density at radius 3 is 2.79 bits per heavy atom. The highest BCUT2D eigenvalue weighted by molar-refractivity contribution is 7.10. The fourth-order valence-corrected chi connectivity index (χ4v) is 3.45. The number of hydrogen-bond acceptors (Lipinski definition) is 4. The maximum absolute atomic E-state index is 13.8. The van der Waals surface area contributed by atoms with Gasteiger partial charge in [0.05, 0.1) is 29.7 Å². The molecule has 0 aliphatic carbocycles. The van der Waals surface area contributed by atoms with Crippen molar-refractivity contribution in [2.24, 2.45) is 0 Å². The molecule has 2 aromatic heterocycles. The zero-order chi connectivity index (χ0) is 17.2. The van der Waals surface area contributed by atoms with Crippen LogP contribution in [0.2, 0.25) is 5.02 Å². The molecule has 0 bridgehead atoms. The third-order valence-corrected chi connectivity index (χ3v) is 4.96. The maximum atomic E-state index is 13.8. The lowest BCUT2D eigenvalue weighted by Gasteiger charge is -2.26. The zero-order valence-electron chi connectivity index (χ0n) is 12.3. The molecule has 0 radical (unpaired) electrons. The average molecular weight is 366 g/mol. The molecule has 0 saturated carbocycles. The fourth-order valence-electron chi connectivity index (χ4n) is 2.36. The second-order valence-electron chi connectivity index (χ2n) is 5.13. The third-order valence-electron chi connectivity index (χ3n) is 3.62. The van der Waals surface area contributed by atoms with Crippen LogP contribution in [0.25, 0.3) is 0 Å². The Bertz CT molecular complexity index is 779. The Kier molecular flexibility index (Phi) is 4.71. The lowest BCUT2D eigenvalue weighted by molar-refractivity contribution is 0.0712. The summed E-state index contributed by atoms with van der Waals surface area (Å²) >= 11 is 7.24. The van der Waals surface area contributed by atoms with Gasteiger partial charge in [0, 0.05) is 10.4 Å². The summed E-state index contributed by atoms with van der Waals surface area (Å²) in [6.45, 7) is -0.156. The highest BCUT2D eigenvalue weighted by Crippen LogP contribution is 2.32. The highest BCUT2D eigenvalue weighted by Gasteiger charge is 2.34. The van der Waals surface area contributed by atoms with Crippen LogP contribution in [0.5, 0.6) is 0 Å². The van der Waals surface area contributed by atoms with E-state index >= 15 is 0 Å². The first-order chi connectivity index (χ1) is 11.5. The van der Waals surface area contributed by atoms with Crippen LogP contribution in [-0.4, -0.2) is 17.6 Å². The Hall–Kier alpha value is -2.15. The van der Waals surface area contributed by atoms with Gasteiger partial charge in [-0.15, -0.1) is 11.3 Å². The van der Waals surface area contributed by atoms with Crippen molar-refractivity contribution in [2.75, 3.05) is 6.54 Å². The lowest BCUT2D eigenvalue weighted by atomic mass is 9.94. The van der Waals surface area contributed by atoms with Crippen molar-refractivity contribution >= 4 is 28.8 Å². The molecule has 24 heavy (non-hydrogen) atoms. The lowest BCUT2D eigenvalue weighted by Crippen LogP contribution is -2.41. The quantitative estimate of drug-likeness (QED) is 0.723. The monoisotopic (exact) mass is 365 g/mol. The smallest absolute Gasteiger partial charge is 0.255 e. The number of carbonyl (C=O) groups excluding carboxylic acids is 1. The highest BCUT2D eigenvalue weighted by atomic mass is 35.5. The molecule has 124 valence electrons. The van der Waals surface area contributed by atoms with Crippen molar-refractivity contribution in [1.29, 1.82) is 0 Å². The van der Waals surface area contributed by atoms with E-state index < -0.39 is 17.3 Å². The minimum Gasteiger partial charge on any atom is -0.472 e. The molecule has 2 N–H and O–H groups in total. The Labute approximate surface area is 146 Å². The van der Waals surface area contributed by atoms with Crippen LogP contribution >= 0.6 is 22.9 Å². The molecule has 3 aromatic rings. The SMILES string of the molecule is O=C(NC[C@@](O)(c1ccoc1)c1cccs1)c1c(F)cccc1Cl. The number of amides is 1. The predicted octanol–water partition coefficient (Wildman–Crippen LogP) is 3.80. The molecular formula is C17H13ClFNO3S. The summed E-state index contributed by atoms with van der Waals surface area (Å²) in [5, 5.41) is 15.4. The summed E-state index contributed by atoms with van der Waals surface area (Å²) in [5.41, 5.74) is -1.24. The number of aliphatic hydroxyl groups is 1. The average Bonchev–Trinajstić information content (AvgIpc) is 3.25. The topological polar surface area (TPSA) is 62.5 Å². The van der Waals surface area contributed by atoms with E-state index in [1.165, 1.54) is 36.0 Å². The minimum absolute atomic E-state index is 0.00970. The second-order valence-corrected chi connectivity index (χ2v) is 6.48. The van der Waals surface area contributed by atoms with E-state index in [-0.39, 0.29) is 17.1 Å². The van der Waals surface area contributed by atoms with Crippen molar-refractivity contribution in [2.45, 2.75) is 5.60 Å². The summed E-state index contributed by atoms with van der Waals surface area (Å²) in [4.78, 5) is 12.9. The largest absolute Gasteiger partial charge is 0.472 e. The summed E-state index contributed by atoms with van der Waals surface area (Å²) in [5.74, 6) is -1.42. The van der Waals surface area contributed by atoms with Gasteiger partial charge in [-0.25, -0.2) is 4.39 Å². The number of thiophene rings is 1. The number of furan rings is 1. The van der Waals surface area contributed by atoms with Crippen molar-refractivity contribution in [3.05, 3.63) is 81.1 Å². The second kappa shape index (κ2) is 6.76. The molecule has 7 heteroatoms. The molecule has 0 aliphatic heterocycles. The zero-order valence-corrected chi connectivity index (χ0v) is 13.9. The summed E-state index contributed by atoms with van der Waals surface area (Å²) < 4.78 is 18.9. The maximum Gasteiger partial charge on any atom is 0.255 e. The molecule has 3 rings (SSSR count). The van der Waals surface area contributed by atoms with Gasteiger partial charge in [0.1, 0.15) is 11.4 Å². The molecule has 0 saturated heterocycles. The van der Waals surface area contributed by atoms with Gasteiger partial charge in [-0.3, -0.25) is 4.79 Å². The van der Waals surface area contributed by atoms with E-state index in [4.69, 9.17) is 16.0 Å². The van der Waals surface area contributed by atoms with Crippen LogP contribution in [0.1, 0.15) is 20.8 Å². The van der Waals surface area contributed by atoms with Gasteiger partial charge >= 0.3 is 0 Å². The number of hydrogen-bond donors (Lipinski definition) is 2. The van der Waals surface area contributed by atoms with Crippen molar-refractivity contribution in [3.63, 3.8) is 0 Å². The molecule has 2 heterocycles. The molecule has 0 unspecified atom stereocenters. The molecule has 0 spiro atoms. The number of rotatable bonds is 5. The number of nitrogens with one attached hydrogen (secondary N) is 1. The summed E-state index contributed by atoms with van der Waals surface area (Å²) in [6.07, 6.45) is 2.84. The van der Waals surface area contributed by atoms with Crippen molar-refractivity contribution in [3.8, 4) is 0 Å². The van der Waals surface area contributed by atoms with Gasteiger partial charge in [-0.2, -0.15) is 0 Å². The summed E-state index contributed by atoms with van der Waals surface area (Å²) in [7, 11) is 0. The summed E-state index contributed by atoms with van der Waals surface area (Å²) in [6, 6.07) is 9.16. The number of halogens is 2. The van der Waals surface area contributed by atoms with Gasteiger partial charge in [0.2, 0.25) is 0 Å². The first-order valence-electron chi connectivity index (χ1n) is 7.03. The van der Waals surface area contributed by atoms with Gasteiger partial charge in [0.15, 0.2) is 0 Å². The Balaban J connectivity index is 1.86. The van der Waals surface area contributed by atoms with E-state index in [1.54, 1.807) is 18.2 Å². The standard InChI is InChI=1S/C17H13ClFNO3S/c18-12-3-1-4-13(19)15(12)16(21)20-10-17(22,11-6-7-23-9-11)14-5-2-8-24-14/h1-9,22H,10H2,(H,20,21)/t17-/m1/s1. The van der Waals surface area contributed by atoms with E-state index in [0.29, 0.717) is 10.4 Å². The van der Waals surface area contributed by atoms with E-state index in [1.807, 2.05) is 5.38 Å². The number of benzene rings is 1. The Morgan fingerprint density at radius 2 is 2.17 bits per heavy atom. The van der Waals surface area contributed by atoms with Gasteiger partial charge in [0.25, 0.3) is 5.91 Å². The predicted molar refractivity (Wildman–Crippen MR) is 89.8 cm³/mol. The van der Waals surface area contributed by atoms with Crippen LogP contribution in [-0.2, 0) is 5.60 Å².